The zero-order valence-corrected chi connectivity index (χ0v) is 15.5. The van der Waals surface area contributed by atoms with Gasteiger partial charge in [-0.2, -0.15) is 4.52 Å². The van der Waals surface area contributed by atoms with E-state index in [1.807, 2.05) is 19.6 Å². The van der Waals surface area contributed by atoms with Crippen LogP contribution in [-0.2, 0) is 0 Å². The number of hydrogen-bond acceptors (Lipinski definition) is 3. The van der Waals surface area contributed by atoms with Crippen molar-refractivity contribution in [3.05, 3.63) is 0 Å². The Hall–Kier alpha value is 2.36. The quantitative estimate of drug-likeness (QED) is 0.324. The molecule has 0 saturated carbocycles. The Morgan fingerprint density at radius 3 is 1.47 bits per heavy atom. The van der Waals surface area contributed by atoms with Crippen LogP contribution >= 0.6 is 74.1 Å². The lowest BCUT2D eigenvalue weighted by Crippen LogP contribution is -2.16. The van der Waals surface area contributed by atoms with Gasteiger partial charge < -0.3 is 0 Å². The molecular weight excluding hydrogens is 376 g/mol. The first-order valence-corrected chi connectivity index (χ1v) is 17.7. The fraction of sp³-hybridized carbons (Fsp3) is 1.00. The van der Waals surface area contributed by atoms with Gasteiger partial charge in [0, 0.05) is 0 Å². The Morgan fingerprint density at radius 2 is 1.13 bits per heavy atom. The van der Waals surface area contributed by atoms with Crippen molar-refractivity contribution in [2.45, 2.75) is 19.6 Å². The molecule has 1 rings (SSSR count). The van der Waals surface area contributed by atoms with Crippen molar-refractivity contribution >= 4 is 81.9 Å². The maximum absolute atomic E-state index is 6.42. The van der Waals surface area contributed by atoms with Crippen LogP contribution < -0.4 is 0 Å². The zero-order chi connectivity index (χ0) is 12.1. The Kier molecular flexibility index (Phi) is 4.60. The van der Waals surface area contributed by atoms with Crippen molar-refractivity contribution in [3.63, 3.8) is 0 Å². The lowest BCUT2D eigenvalue weighted by molar-refractivity contribution is 1.75. The van der Waals surface area contributed by atoms with Gasteiger partial charge in [0.25, 0.3) is 11.8 Å². The van der Waals surface area contributed by atoms with Gasteiger partial charge in [-0.15, -0.1) is 0 Å². The molecule has 0 aromatic heterocycles. The molecule has 1 aliphatic rings. The summed E-state index contributed by atoms with van der Waals surface area (Å²) in [4.78, 5) is 0. The Morgan fingerprint density at radius 1 is 0.733 bits per heavy atom. The van der Waals surface area contributed by atoms with Gasteiger partial charge in [-0.3, -0.25) is 0 Å². The summed E-state index contributed by atoms with van der Waals surface area (Å²) >= 11 is 30.2. The van der Waals surface area contributed by atoms with E-state index < -0.39 is 25.7 Å². The normalized spacial score (nSPS) is 33.6. The Balaban J connectivity index is 3.58. The molecule has 1 unspecified atom stereocenters. The lowest BCUT2D eigenvalue weighted by atomic mass is 11.8. The van der Waals surface area contributed by atoms with Crippen LogP contribution in [0.4, 0.5) is 0 Å². The average Bonchev–Trinajstić information content (AvgIpc) is 1.72. The van der Waals surface area contributed by atoms with Crippen LogP contribution in [0.1, 0.15) is 0 Å². The summed E-state index contributed by atoms with van der Waals surface area (Å²) < 4.78 is 12.3. The highest BCUT2D eigenvalue weighted by atomic mass is 35.9. The van der Waals surface area contributed by atoms with Crippen LogP contribution in [0.25, 0.3) is 0 Å². The highest BCUT2D eigenvalue weighted by Gasteiger charge is 2.41. The smallest absolute Gasteiger partial charge is 0.203 e. The van der Waals surface area contributed by atoms with Crippen LogP contribution in [0.3, 0.4) is 0 Å². The third kappa shape index (κ3) is 3.91. The second-order valence-corrected chi connectivity index (χ2v) is 28.1. The molecule has 0 aliphatic carbocycles. The third-order valence-corrected chi connectivity index (χ3v) is 25.9. The summed E-state index contributed by atoms with van der Waals surface area (Å²) in [7, 11) is -1.86. The average molecular weight is 385 g/mol. The fourth-order valence-corrected chi connectivity index (χ4v) is 28.1. The molecule has 12 heteroatoms. The first-order valence-electron chi connectivity index (χ1n) is 3.77. The van der Waals surface area contributed by atoms with E-state index in [1.54, 1.807) is 0 Å². The van der Waals surface area contributed by atoms with Gasteiger partial charge in [-0.05, 0) is 45.0 Å². The van der Waals surface area contributed by atoms with Gasteiger partial charge in [0.2, 0.25) is 0 Å². The summed E-state index contributed by atoms with van der Waals surface area (Å²) in [5.41, 5.74) is 0. The fourth-order valence-electron chi connectivity index (χ4n) is 0.737. The predicted molar refractivity (Wildman–Crippen MR) is 80.7 cm³/mol. The monoisotopic (exact) mass is 383 g/mol. The van der Waals surface area contributed by atoms with E-state index in [1.165, 1.54) is 0 Å². The predicted octanol–water partition coefficient (Wildman–Crippen LogP) is 7.95. The summed E-state index contributed by atoms with van der Waals surface area (Å²) in [6, 6.07) is 0. The Labute approximate surface area is 114 Å². The van der Waals surface area contributed by atoms with E-state index in [0.717, 1.165) is 0 Å². The molecule has 1 aliphatic heterocycles. The summed E-state index contributed by atoms with van der Waals surface area (Å²) in [5, 5.41) is 0. The van der Waals surface area contributed by atoms with Crippen LogP contribution in [0, 0.1) is 0 Å². The van der Waals surface area contributed by atoms with E-state index in [0.29, 0.717) is 0 Å². The van der Waals surface area contributed by atoms with Gasteiger partial charge in [0.05, 0.1) is 0 Å². The molecule has 0 fully saturated rings. The number of hydrogen-bond donors (Lipinski definition) is 0. The minimum atomic E-state index is -2.84. The van der Waals surface area contributed by atoms with Crippen molar-refractivity contribution in [3.8, 4) is 0 Å². The van der Waals surface area contributed by atoms with Gasteiger partial charge in [-0.1, -0.05) is 30.9 Å². The van der Waals surface area contributed by atoms with Crippen molar-refractivity contribution in [2.24, 2.45) is 13.5 Å². The molecule has 0 radical (unpaired) electrons. The summed E-state index contributed by atoms with van der Waals surface area (Å²) in [5.74, 6) is -5.68. The maximum atomic E-state index is 6.42. The molecule has 15 heavy (non-hydrogen) atoms. The zero-order valence-electron chi connectivity index (χ0n) is 8.07. The standard InChI is InChI=1S/C3H9Cl5N3P3Si/c1-15(2,3)14(8)10-12(4,5)9-13(6,7)11-14/h1-3H3. The minimum Gasteiger partial charge on any atom is -0.203 e. The second-order valence-electron chi connectivity index (χ2n) is 3.88. The van der Waals surface area contributed by atoms with Crippen molar-refractivity contribution < 1.29 is 0 Å². The first kappa shape index (κ1) is 15.4. The van der Waals surface area contributed by atoms with Gasteiger partial charge in [0.15, 0.2) is 0 Å². The SMILES string of the molecule is C[Si](C)(C)P1(Cl)=NP(Cl)(Cl)=NP(Cl)(Cl)=N1. The van der Waals surface area contributed by atoms with E-state index in [9.17, 15) is 0 Å². The topological polar surface area (TPSA) is 37.1 Å². The van der Waals surface area contributed by atoms with Gasteiger partial charge in [-0.25, -0.2) is 9.03 Å². The van der Waals surface area contributed by atoms with E-state index in [-0.39, 0.29) is 0 Å². The van der Waals surface area contributed by atoms with Crippen molar-refractivity contribution in [1.82, 2.24) is 0 Å². The molecule has 1 atom stereocenters. The molecule has 0 amide bonds. The first-order chi connectivity index (χ1) is 6.37. The molecule has 0 aromatic rings. The van der Waals surface area contributed by atoms with E-state index >= 15 is 0 Å². The molecule has 0 bridgehead atoms. The minimum absolute atomic E-state index is 1.86. The van der Waals surface area contributed by atoms with E-state index in [2.05, 4.69) is 13.5 Å². The number of rotatable bonds is 1. The van der Waals surface area contributed by atoms with E-state index in [4.69, 9.17) is 56.2 Å². The van der Waals surface area contributed by atoms with Crippen LogP contribution in [-0.4, -0.2) is 7.74 Å². The summed E-state index contributed by atoms with van der Waals surface area (Å²) in [6.45, 7) is 6.11. The van der Waals surface area contributed by atoms with Crippen LogP contribution in [0.5, 0.6) is 0 Å². The van der Waals surface area contributed by atoms with Crippen molar-refractivity contribution in [1.29, 1.82) is 0 Å². The number of nitrogens with zero attached hydrogens (tertiary/aromatic N) is 3. The van der Waals surface area contributed by atoms with Gasteiger partial charge in [0.1, 0.15) is 13.8 Å². The van der Waals surface area contributed by atoms with Gasteiger partial charge >= 0.3 is 0 Å². The number of halogens is 5. The van der Waals surface area contributed by atoms with Crippen LogP contribution in [0.15, 0.2) is 13.5 Å². The molecule has 0 aromatic carbocycles. The Bertz CT molecular complexity index is 433. The molecule has 0 spiro atoms. The third-order valence-electron chi connectivity index (χ3n) is 1.52. The molecule has 0 saturated heterocycles. The van der Waals surface area contributed by atoms with Crippen LogP contribution in [0.2, 0.25) is 19.6 Å². The highest BCUT2D eigenvalue weighted by molar-refractivity contribution is 8.29. The van der Waals surface area contributed by atoms with Crippen molar-refractivity contribution in [2.75, 3.05) is 0 Å². The molecule has 1 heterocycles. The maximum Gasteiger partial charge on any atom is 0.256 e. The molecular formula is C3H9Cl5N3P3Si. The molecule has 0 N–H and O–H groups in total. The lowest BCUT2D eigenvalue weighted by Gasteiger charge is -2.30. The molecule has 3 nitrogen and oxygen atoms in total. The molecule has 90 valence electrons. The highest BCUT2D eigenvalue weighted by Crippen LogP contribution is 2.88. The second kappa shape index (κ2) is 4.48. The summed E-state index contributed by atoms with van der Waals surface area (Å²) in [6.07, 6.45) is -2.45. The largest absolute Gasteiger partial charge is 0.256 e.